The van der Waals surface area contributed by atoms with Crippen molar-refractivity contribution < 1.29 is 4.79 Å². The Kier molecular flexibility index (Phi) is 7.04. The van der Waals surface area contributed by atoms with Gasteiger partial charge in [0.25, 0.3) is 0 Å². The smallest absolute Gasteiger partial charge is 0.226 e. The van der Waals surface area contributed by atoms with Crippen LogP contribution in [-0.4, -0.2) is 73.5 Å². The third-order valence-electron chi connectivity index (χ3n) is 7.00. The number of hydrogen-bond donors (Lipinski definition) is 0. The molecule has 0 bridgehead atoms. The predicted octanol–water partition coefficient (Wildman–Crippen LogP) is 3.61. The summed E-state index contributed by atoms with van der Waals surface area (Å²) in [5.41, 5.74) is 1.34. The number of likely N-dealkylation sites (N-methyl/N-ethyl adjacent to an activating group) is 1. The first-order valence-corrected chi connectivity index (χ1v) is 11.6. The molecule has 2 aliphatic carbocycles. The van der Waals surface area contributed by atoms with E-state index in [1.54, 1.807) is 0 Å². The van der Waals surface area contributed by atoms with E-state index in [0.717, 1.165) is 65.1 Å². The van der Waals surface area contributed by atoms with Crippen LogP contribution in [0.3, 0.4) is 0 Å². The maximum Gasteiger partial charge on any atom is 0.226 e. The van der Waals surface area contributed by atoms with Gasteiger partial charge in [-0.3, -0.25) is 4.79 Å². The predicted molar refractivity (Wildman–Crippen MR) is 119 cm³/mol. The normalized spacial score (nSPS) is 27.7. The fourth-order valence-corrected chi connectivity index (χ4v) is 4.95. The number of carbonyl (C=O) groups excluding carboxylic acids is 1. The Morgan fingerprint density at radius 2 is 1.90 bits per heavy atom. The van der Waals surface area contributed by atoms with Gasteiger partial charge in [0.15, 0.2) is 0 Å². The molecule has 158 valence electrons. The van der Waals surface area contributed by atoms with Crippen molar-refractivity contribution in [2.75, 3.05) is 52.9 Å². The monoisotopic (exact) mass is 395 g/mol. The Hall–Kier alpha value is -1.65. The summed E-state index contributed by atoms with van der Waals surface area (Å²) < 4.78 is 0. The molecule has 1 aromatic carbocycles. The van der Waals surface area contributed by atoms with Gasteiger partial charge in [-0.15, -0.1) is 0 Å². The largest absolute Gasteiger partial charge is 0.342 e. The van der Waals surface area contributed by atoms with Crippen LogP contribution in [0.15, 0.2) is 42.5 Å². The molecule has 4 rings (SSSR count). The molecule has 1 heterocycles. The van der Waals surface area contributed by atoms with E-state index in [0.29, 0.717) is 17.7 Å². The summed E-state index contributed by atoms with van der Waals surface area (Å²) in [5.74, 6) is 1.70. The van der Waals surface area contributed by atoms with Gasteiger partial charge in [-0.25, -0.2) is 0 Å². The maximum atomic E-state index is 13.4. The van der Waals surface area contributed by atoms with E-state index in [2.05, 4.69) is 64.2 Å². The molecule has 0 N–H and O–H groups in total. The van der Waals surface area contributed by atoms with Gasteiger partial charge in [-0.2, -0.15) is 0 Å². The second kappa shape index (κ2) is 9.90. The van der Waals surface area contributed by atoms with Crippen molar-refractivity contribution in [3.05, 3.63) is 48.0 Å². The Morgan fingerprint density at radius 3 is 2.62 bits per heavy atom. The summed E-state index contributed by atoms with van der Waals surface area (Å²) in [6.45, 7) is 7.64. The highest BCUT2D eigenvalue weighted by atomic mass is 16.2. The number of hydrogen-bond acceptors (Lipinski definition) is 3. The van der Waals surface area contributed by atoms with E-state index in [9.17, 15) is 4.79 Å². The molecule has 1 aliphatic heterocycles. The summed E-state index contributed by atoms with van der Waals surface area (Å²) in [6.07, 6.45) is 10.3. The van der Waals surface area contributed by atoms with Gasteiger partial charge in [0.05, 0.1) is 0 Å². The van der Waals surface area contributed by atoms with E-state index in [1.807, 2.05) is 0 Å². The molecule has 3 aliphatic rings. The average Bonchev–Trinajstić information content (AvgIpc) is 3.56. The molecule has 0 aromatic heterocycles. The summed E-state index contributed by atoms with van der Waals surface area (Å²) in [7, 11) is 2.20. The number of rotatable bonds is 8. The molecule has 0 radical (unpaired) electrons. The number of allylic oxidation sites excluding steroid dienone is 2. The number of benzene rings is 1. The Labute approximate surface area is 176 Å². The number of carbonyl (C=O) groups is 1. The number of amides is 1. The average molecular weight is 396 g/mol. The van der Waals surface area contributed by atoms with Gasteiger partial charge in [0.2, 0.25) is 5.91 Å². The van der Waals surface area contributed by atoms with Crippen LogP contribution in [0.1, 0.15) is 43.6 Å². The first kappa shape index (κ1) is 20.6. The lowest BCUT2D eigenvalue weighted by Crippen LogP contribution is -2.45. The minimum atomic E-state index is 0.208. The van der Waals surface area contributed by atoms with Crippen LogP contribution in [0.2, 0.25) is 0 Å². The van der Waals surface area contributed by atoms with Crippen molar-refractivity contribution in [1.82, 2.24) is 14.7 Å². The van der Waals surface area contributed by atoms with Crippen LogP contribution in [0.25, 0.3) is 0 Å². The summed E-state index contributed by atoms with van der Waals surface area (Å²) in [5, 5.41) is 0. The molecule has 1 saturated heterocycles. The Bertz CT molecular complexity index is 681. The number of piperazine rings is 1. The maximum absolute atomic E-state index is 13.4. The van der Waals surface area contributed by atoms with Crippen LogP contribution in [-0.2, 0) is 4.79 Å². The van der Waals surface area contributed by atoms with Crippen molar-refractivity contribution in [3.8, 4) is 0 Å². The molecule has 2 fully saturated rings. The van der Waals surface area contributed by atoms with Gasteiger partial charge in [-0.05, 0) is 63.1 Å². The molecule has 0 spiro atoms. The van der Waals surface area contributed by atoms with Crippen LogP contribution in [0.5, 0.6) is 0 Å². The molecule has 1 amide bonds. The third kappa shape index (κ3) is 5.70. The Morgan fingerprint density at radius 1 is 1.10 bits per heavy atom. The molecule has 4 nitrogen and oxygen atoms in total. The highest BCUT2D eigenvalue weighted by molar-refractivity contribution is 5.83. The lowest BCUT2D eigenvalue weighted by molar-refractivity contribution is -0.133. The molecule has 1 saturated carbocycles. The topological polar surface area (TPSA) is 26.8 Å². The lowest BCUT2D eigenvalue weighted by Gasteiger charge is -2.33. The molecular weight excluding hydrogens is 358 g/mol. The van der Waals surface area contributed by atoms with Crippen molar-refractivity contribution in [2.24, 2.45) is 11.8 Å². The molecule has 1 aromatic rings. The molecular formula is C25H37N3O. The zero-order valence-corrected chi connectivity index (χ0v) is 18.0. The fourth-order valence-electron chi connectivity index (χ4n) is 4.95. The quantitative estimate of drug-likeness (QED) is 0.629. The summed E-state index contributed by atoms with van der Waals surface area (Å²) >= 11 is 0. The minimum Gasteiger partial charge on any atom is -0.342 e. The van der Waals surface area contributed by atoms with E-state index in [-0.39, 0.29) is 5.92 Å². The van der Waals surface area contributed by atoms with Crippen molar-refractivity contribution in [2.45, 2.75) is 38.0 Å². The van der Waals surface area contributed by atoms with E-state index >= 15 is 0 Å². The van der Waals surface area contributed by atoms with Crippen LogP contribution in [0, 0.1) is 11.8 Å². The van der Waals surface area contributed by atoms with E-state index in [1.165, 1.54) is 18.4 Å². The fraction of sp³-hybridized carbons (Fsp3) is 0.640. The van der Waals surface area contributed by atoms with Crippen molar-refractivity contribution >= 4 is 5.91 Å². The minimum absolute atomic E-state index is 0.208. The molecule has 4 heteroatoms. The van der Waals surface area contributed by atoms with Gasteiger partial charge >= 0.3 is 0 Å². The third-order valence-corrected chi connectivity index (χ3v) is 7.00. The second-order valence-electron chi connectivity index (χ2n) is 9.29. The van der Waals surface area contributed by atoms with Crippen LogP contribution in [0.4, 0.5) is 0 Å². The first-order valence-electron chi connectivity index (χ1n) is 11.6. The van der Waals surface area contributed by atoms with Gasteiger partial charge in [0.1, 0.15) is 0 Å². The Balaban J connectivity index is 1.32. The number of nitrogens with zero attached hydrogens (tertiary/aromatic N) is 3. The van der Waals surface area contributed by atoms with Crippen molar-refractivity contribution in [1.29, 1.82) is 0 Å². The summed E-state index contributed by atoms with van der Waals surface area (Å²) in [4.78, 5) is 20.6. The SMILES string of the molecule is CN1CCN(CCCN(C[C@H]2CC=CCC2)C(=O)[C@H]2C[C@H]2c2ccccc2)CC1. The van der Waals surface area contributed by atoms with Crippen LogP contribution >= 0.6 is 0 Å². The van der Waals surface area contributed by atoms with Crippen LogP contribution < -0.4 is 0 Å². The summed E-state index contributed by atoms with van der Waals surface area (Å²) in [6, 6.07) is 10.6. The van der Waals surface area contributed by atoms with E-state index < -0.39 is 0 Å². The second-order valence-corrected chi connectivity index (χ2v) is 9.29. The molecule has 29 heavy (non-hydrogen) atoms. The zero-order valence-electron chi connectivity index (χ0n) is 18.0. The zero-order chi connectivity index (χ0) is 20.1. The van der Waals surface area contributed by atoms with Gasteiger partial charge in [-0.1, -0.05) is 42.5 Å². The first-order chi connectivity index (χ1) is 14.2. The highest BCUT2D eigenvalue weighted by Gasteiger charge is 2.45. The standard InChI is InChI=1S/C25H37N3O/c1-26-15-17-27(18-16-26)13-8-14-28(20-21-9-4-2-5-10-21)25(29)24-19-23(24)22-11-6-3-7-12-22/h2-4,6-7,11-12,21,23-24H,5,8-10,13-20H2,1H3/t21-,23-,24-/m0/s1. The van der Waals surface area contributed by atoms with Crippen molar-refractivity contribution in [3.63, 3.8) is 0 Å². The molecule has 0 unspecified atom stereocenters. The van der Waals surface area contributed by atoms with Gasteiger partial charge < -0.3 is 14.7 Å². The lowest BCUT2D eigenvalue weighted by atomic mass is 9.93. The highest BCUT2D eigenvalue weighted by Crippen LogP contribution is 2.48. The van der Waals surface area contributed by atoms with Gasteiger partial charge in [0, 0.05) is 45.2 Å². The molecule has 3 atom stereocenters. The van der Waals surface area contributed by atoms with E-state index in [4.69, 9.17) is 0 Å².